The number of para-hydroxylation sites is 1. The summed E-state index contributed by atoms with van der Waals surface area (Å²) in [6, 6.07) is 15.4. The summed E-state index contributed by atoms with van der Waals surface area (Å²) >= 11 is 0. The van der Waals surface area contributed by atoms with Gasteiger partial charge in [0.05, 0.1) is 23.3 Å². The summed E-state index contributed by atoms with van der Waals surface area (Å²) in [4.78, 5) is 21.1. The summed E-state index contributed by atoms with van der Waals surface area (Å²) < 4.78 is 5.83. The van der Waals surface area contributed by atoms with Gasteiger partial charge < -0.3 is 15.8 Å². The van der Waals surface area contributed by atoms with Crippen LogP contribution in [0, 0.1) is 0 Å². The lowest BCUT2D eigenvalue weighted by molar-refractivity contribution is 0.100. The molecule has 0 bridgehead atoms. The molecule has 0 radical (unpaired) electrons. The van der Waals surface area contributed by atoms with Crippen molar-refractivity contribution in [3.8, 4) is 17.4 Å². The van der Waals surface area contributed by atoms with Crippen LogP contribution in [0.1, 0.15) is 27.9 Å². The molecule has 1 aliphatic heterocycles. The number of benzene rings is 2. The molecule has 0 spiro atoms. The number of aromatic nitrogens is 4. The molecular formula is C22H20N6O2. The summed E-state index contributed by atoms with van der Waals surface area (Å²) in [7, 11) is 0. The molecule has 3 heterocycles. The summed E-state index contributed by atoms with van der Waals surface area (Å²) in [6.07, 6.45) is 1.77. The first kappa shape index (κ1) is 18.1. The molecule has 0 aliphatic carbocycles. The zero-order chi connectivity index (χ0) is 20.5. The number of aromatic amines is 1. The van der Waals surface area contributed by atoms with Crippen LogP contribution in [0.2, 0.25) is 0 Å². The molecule has 2 aromatic carbocycles. The molecule has 0 unspecified atom stereocenters. The summed E-state index contributed by atoms with van der Waals surface area (Å²) in [5, 5.41) is 11.4. The topological polar surface area (TPSA) is 119 Å². The van der Waals surface area contributed by atoms with Crippen LogP contribution >= 0.6 is 0 Å². The van der Waals surface area contributed by atoms with Crippen LogP contribution in [0.3, 0.4) is 0 Å². The molecule has 0 fully saturated rings. The highest BCUT2D eigenvalue weighted by molar-refractivity contribution is 6.07. The van der Waals surface area contributed by atoms with E-state index in [9.17, 15) is 4.79 Å². The van der Waals surface area contributed by atoms with Gasteiger partial charge in [-0.3, -0.25) is 9.89 Å². The van der Waals surface area contributed by atoms with Gasteiger partial charge in [-0.25, -0.2) is 4.98 Å². The van der Waals surface area contributed by atoms with E-state index >= 15 is 0 Å². The van der Waals surface area contributed by atoms with Crippen LogP contribution in [-0.2, 0) is 13.0 Å². The van der Waals surface area contributed by atoms with E-state index in [0.717, 1.165) is 35.2 Å². The Hall–Kier alpha value is -3.94. The number of carbonyl (C=O) groups is 1. The predicted octanol–water partition coefficient (Wildman–Crippen LogP) is 3.06. The number of nitrogens with one attached hydrogen (secondary N) is 2. The average Bonchev–Trinajstić information content (AvgIpc) is 3.22. The molecule has 150 valence electrons. The van der Waals surface area contributed by atoms with E-state index in [4.69, 9.17) is 15.5 Å². The van der Waals surface area contributed by atoms with Crippen molar-refractivity contribution in [2.24, 2.45) is 5.73 Å². The van der Waals surface area contributed by atoms with E-state index in [1.54, 1.807) is 12.1 Å². The third-order valence-corrected chi connectivity index (χ3v) is 5.16. The van der Waals surface area contributed by atoms with Crippen molar-refractivity contribution in [2.75, 3.05) is 11.9 Å². The van der Waals surface area contributed by atoms with E-state index in [-0.39, 0.29) is 0 Å². The number of anilines is 1. The Kier molecular flexibility index (Phi) is 4.51. The molecule has 0 saturated heterocycles. The summed E-state index contributed by atoms with van der Waals surface area (Å²) in [5.74, 6) is 1.22. The zero-order valence-corrected chi connectivity index (χ0v) is 16.2. The van der Waals surface area contributed by atoms with Crippen LogP contribution in [0.25, 0.3) is 22.4 Å². The number of H-pyrrole nitrogens is 1. The maximum atomic E-state index is 11.7. The Labute approximate surface area is 172 Å². The Balaban J connectivity index is 1.58. The normalized spacial score (nSPS) is 12.9. The van der Waals surface area contributed by atoms with Crippen LogP contribution in [0.5, 0.6) is 5.88 Å². The fourth-order valence-corrected chi connectivity index (χ4v) is 3.68. The van der Waals surface area contributed by atoms with Crippen molar-refractivity contribution in [1.82, 2.24) is 20.2 Å². The number of carbonyl (C=O) groups excluding carboxylic acids is 1. The van der Waals surface area contributed by atoms with Gasteiger partial charge >= 0.3 is 0 Å². The first-order valence-corrected chi connectivity index (χ1v) is 9.79. The highest BCUT2D eigenvalue weighted by Gasteiger charge is 2.22. The fraction of sp³-hybridized carbons (Fsp3) is 0.182. The number of nitrogens with zero attached hydrogens (tertiary/aromatic N) is 3. The number of ether oxygens (including phenoxy) is 1. The van der Waals surface area contributed by atoms with Crippen LogP contribution in [0.15, 0.2) is 48.5 Å². The van der Waals surface area contributed by atoms with Crippen LogP contribution in [0.4, 0.5) is 5.82 Å². The van der Waals surface area contributed by atoms with Crippen LogP contribution < -0.4 is 15.8 Å². The summed E-state index contributed by atoms with van der Waals surface area (Å²) in [6.45, 7) is 1.26. The largest absolute Gasteiger partial charge is 0.477 e. The molecule has 2 aromatic heterocycles. The number of fused-ring (bicyclic) bond motifs is 2. The van der Waals surface area contributed by atoms with E-state index in [1.807, 2.05) is 24.3 Å². The van der Waals surface area contributed by atoms with Gasteiger partial charge in [0.15, 0.2) is 5.82 Å². The zero-order valence-electron chi connectivity index (χ0n) is 16.2. The van der Waals surface area contributed by atoms with Gasteiger partial charge in [0.2, 0.25) is 5.88 Å². The average molecular weight is 400 g/mol. The van der Waals surface area contributed by atoms with Crippen molar-refractivity contribution >= 4 is 22.6 Å². The van der Waals surface area contributed by atoms with Gasteiger partial charge in [-0.2, -0.15) is 10.1 Å². The second kappa shape index (κ2) is 7.47. The monoisotopic (exact) mass is 400 g/mol. The van der Waals surface area contributed by atoms with Crippen molar-refractivity contribution in [3.63, 3.8) is 0 Å². The van der Waals surface area contributed by atoms with Gasteiger partial charge in [0.25, 0.3) is 5.91 Å². The van der Waals surface area contributed by atoms with E-state index in [0.29, 0.717) is 41.6 Å². The Morgan fingerprint density at radius 1 is 1.13 bits per heavy atom. The standard InChI is InChI=1S/C22H20N6O2/c23-19(29)15-9-4-8-14-17(15)27-28-18(14)21-25-20(16-10-5-11-30-22(16)26-21)24-12-13-6-2-1-3-7-13/h1-4,6-9H,5,10-12H2,(H2,23,29)(H,27,28)(H,24,25,26). The highest BCUT2D eigenvalue weighted by Crippen LogP contribution is 2.33. The first-order valence-electron chi connectivity index (χ1n) is 9.79. The maximum absolute atomic E-state index is 11.7. The molecule has 1 aliphatic rings. The molecule has 0 saturated carbocycles. The lowest BCUT2D eigenvalue weighted by Gasteiger charge is -2.20. The Morgan fingerprint density at radius 3 is 2.83 bits per heavy atom. The minimum Gasteiger partial charge on any atom is -0.477 e. The molecule has 8 nitrogen and oxygen atoms in total. The van der Waals surface area contributed by atoms with Gasteiger partial charge in [-0.05, 0) is 24.5 Å². The van der Waals surface area contributed by atoms with Crippen LogP contribution in [-0.4, -0.2) is 32.7 Å². The minimum atomic E-state index is -0.518. The van der Waals surface area contributed by atoms with Gasteiger partial charge in [-0.1, -0.05) is 42.5 Å². The lowest BCUT2D eigenvalue weighted by Crippen LogP contribution is -2.15. The summed E-state index contributed by atoms with van der Waals surface area (Å²) in [5.41, 5.74) is 9.11. The molecular weight excluding hydrogens is 380 g/mol. The van der Waals surface area contributed by atoms with E-state index in [2.05, 4.69) is 32.6 Å². The molecule has 30 heavy (non-hydrogen) atoms. The Morgan fingerprint density at radius 2 is 2.00 bits per heavy atom. The number of amides is 1. The maximum Gasteiger partial charge on any atom is 0.250 e. The highest BCUT2D eigenvalue weighted by atomic mass is 16.5. The van der Waals surface area contributed by atoms with Gasteiger partial charge in [0.1, 0.15) is 11.5 Å². The van der Waals surface area contributed by atoms with Crippen molar-refractivity contribution in [1.29, 1.82) is 0 Å². The number of hydrogen-bond acceptors (Lipinski definition) is 6. The molecule has 1 amide bonds. The molecule has 0 atom stereocenters. The number of hydrogen-bond donors (Lipinski definition) is 3. The molecule has 4 aromatic rings. The van der Waals surface area contributed by atoms with Crippen molar-refractivity contribution in [2.45, 2.75) is 19.4 Å². The first-order chi connectivity index (χ1) is 14.7. The fourth-order valence-electron chi connectivity index (χ4n) is 3.68. The third-order valence-electron chi connectivity index (χ3n) is 5.16. The minimum absolute atomic E-state index is 0.378. The van der Waals surface area contributed by atoms with Crippen molar-refractivity contribution < 1.29 is 9.53 Å². The quantitative estimate of drug-likeness (QED) is 0.474. The van der Waals surface area contributed by atoms with E-state index < -0.39 is 5.91 Å². The third kappa shape index (κ3) is 3.22. The van der Waals surface area contributed by atoms with Gasteiger partial charge in [-0.15, -0.1) is 0 Å². The predicted molar refractivity (Wildman–Crippen MR) is 113 cm³/mol. The molecule has 8 heteroatoms. The Bertz CT molecular complexity index is 1240. The van der Waals surface area contributed by atoms with Gasteiger partial charge in [0, 0.05) is 11.9 Å². The number of primary amides is 1. The van der Waals surface area contributed by atoms with E-state index in [1.165, 1.54) is 0 Å². The lowest BCUT2D eigenvalue weighted by atomic mass is 10.1. The second-order valence-electron chi connectivity index (χ2n) is 7.14. The second-order valence-corrected chi connectivity index (χ2v) is 7.14. The SMILES string of the molecule is NC(=O)c1cccc2c(-c3nc(NCc4ccccc4)c4c(n3)OCCC4)n[nH]c12. The number of rotatable bonds is 5. The molecule has 4 N–H and O–H groups in total. The van der Waals surface area contributed by atoms with Crippen molar-refractivity contribution in [3.05, 3.63) is 65.2 Å². The number of nitrogens with two attached hydrogens (primary N) is 1. The molecule has 5 rings (SSSR count). The smallest absolute Gasteiger partial charge is 0.250 e.